The molecule has 42 heavy (non-hydrogen) atoms. The van der Waals surface area contributed by atoms with Crippen molar-refractivity contribution in [2.24, 2.45) is 4.99 Å². The molecule has 3 aliphatic heterocycles. The minimum Gasteiger partial charge on any atom is -0.494 e. The molecule has 0 saturated carbocycles. The van der Waals surface area contributed by atoms with Gasteiger partial charge in [-0.15, -0.1) is 0 Å². The zero-order chi connectivity index (χ0) is 28.5. The first-order valence-electron chi connectivity index (χ1n) is 14.8. The van der Waals surface area contributed by atoms with Crippen LogP contribution in [0.3, 0.4) is 0 Å². The first kappa shape index (κ1) is 26.8. The van der Waals surface area contributed by atoms with E-state index in [2.05, 4.69) is 64.9 Å². The van der Waals surface area contributed by atoms with Crippen LogP contribution in [-0.2, 0) is 0 Å². The summed E-state index contributed by atoms with van der Waals surface area (Å²) in [4.78, 5) is 7.74. The molecule has 0 radical (unpaired) electrons. The molecule has 7 heteroatoms. The fourth-order valence-electron chi connectivity index (χ4n) is 6.07. The third-order valence-corrected chi connectivity index (χ3v) is 8.75. The Morgan fingerprint density at radius 2 is 1.60 bits per heavy atom. The third-order valence-electron chi connectivity index (χ3n) is 7.91. The van der Waals surface area contributed by atoms with E-state index < -0.39 is 0 Å². The van der Waals surface area contributed by atoms with E-state index in [0.717, 1.165) is 69.9 Å². The summed E-state index contributed by atoms with van der Waals surface area (Å²) in [7, 11) is 0. The summed E-state index contributed by atoms with van der Waals surface area (Å²) in [5.74, 6) is 3.38. The molecule has 1 atom stereocenters. The number of nitrogens with zero attached hydrogens (tertiary/aromatic N) is 2. The largest absolute Gasteiger partial charge is 0.494 e. The molecule has 214 valence electrons. The van der Waals surface area contributed by atoms with E-state index in [0.29, 0.717) is 26.4 Å². The number of aliphatic imine (C=N–C) groups is 1. The van der Waals surface area contributed by atoms with E-state index in [1.165, 1.54) is 16.7 Å². The average molecular weight is 579 g/mol. The van der Waals surface area contributed by atoms with Crippen molar-refractivity contribution < 1.29 is 18.9 Å². The molecule has 0 N–H and O–H groups in total. The molecule has 0 spiro atoms. The normalized spacial score (nSPS) is 20.1. The van der Waals surface area contributed by atoms with E-state index in [-0.39, 0.29) is 6.04 Å². The van der Waals surface area contributed by atoms with Crippen molar-refractivity contribution in [3.8, 4) is 23.0 Å². The number of rotatable bonds is 7. The first-order valence-corrected chi connectivity index (χ1v) is 15.6. The molecule has 0 amide bonds. The minimum atomic E-state index is 0.0293. The highest BCUT2D eigenvalue weighted by atomic mass is 32.2. The van der Waals surface area contributed by atoms with E-state index in [9.17, 15) is 0 Å². The van der Waals surface area contributed by atoms with Crippen LogP contribution in [0.15, 0.2) is 94.0 Å². The molecule has 3 aromatic rings. The van der Waals surface area contributed by atoms with Crippen LogP contribution in [0.4, 0.5) is 0 Å². The third kappa shape index (κ3) is 5.07. The van der Waals surface area contributed by atoms with Crippen molar-refractivity contribution in [1.82, 2.24) is 4.90 Å². The molecule has 0 aromatic heterocycles. The molecule has 0 unspecified atom stereocenters. The molecule has 6 nitrogen and oxygen atoms in total. The van der Waals surface area contributed by atoms with Gasteiger partial charge in [0.1, 0.15) is 24.7 Å². The van der Waals surface area contributed by atoms with Crippen LogP contribution in [0.5, 0.6) is 23.0 Å². The van der Waals surface area contributed by atoms with Crippen LogP contribution in [0.2, 0.25) is 0 Å². The fraction of sp³-hybridized carbons (Fsp3) is 0.286. The van der Waals surface area contributed by atoms with Crippen LogP contribution < -0.4 is 18.9 Å². The van der Waals surface area contributed by atoms with Crippen molar-refractivity contribution in [2.45, 2.75) is 39.2 Å². The average Bonchev–Trinajstić information content (AvgIpc) is 3.45. The van der Waals surface area contributed by atoms with Crippen LogP contribution in [-0.4, -0.2) is 36.5 Å². The predicted octanol–water partition coefficient (Wildman–Crippen LogP) is 8.23. The monoisotopic (exact) mass is 578 g/mol. The number of hydrogen-bond donors (Lipinski definition) is 0. The van der Waals surface area contributed by atoms with Gasteiger partial charge in [-0.25, -0.2) is 4.99 Å². The molecule has 4 aliphatic rings. The van der Waals surface area contributed by atoms with Gasteiger partial charge in [0, 0.05) is 11.0 Å². The van der Waals surface area contributed by atoms with Gasteiger partial charge in [0.15, 0.2) is 16.7 Å². The first-order chi connectivity index (χ1) is 20.7. The Morgan fingerprint density at radius 3 is 2.33 bits per heavy atom. The molecule has 0 bridgehead atoms. The summed E-state index contributed by atoms with van der Waals surface area (Å²) >= 11 is 1.69. The lowest BCUT2D eigenvalue weighted by molar-refractivity contribution is 0.171. The quantitative estimate of drug-likeness (QED) is 0.282. The Hall–Kier alpha value is -4.10. The second-order valence-electron chi connectivity index (χ2n) is 10.5. The van der Waals surface area contributed by atoms with Gasteiger partial charge < -0.3 is 23.8 Å². The van der Waals surface area contributed by atoms with Gasteiger partial charge in [-0.1, -0.05) is 36.0 Å². The lowest BCUT2D eigenvalue weighted by Crippen LogP contribution is -2.34. The number of ether oxygens (including phenoxy) is 4. The SMILES string of the molecule is CCOc1ccc(/C=C2\CCCC3=C2N=C2SC=C(c4ccc5c(c4)OCCO5)N2[C@H]3c2ccc(OCC)cc2)cc1. The highest BCUT2D eigenvalue weighted by Gasteiger charge is 2.40. The van der Waals surface area contributed by atoms with Gasteiger partial charge in [-0.3, -0.25) is 0 Å². The summed E-state index contributed by atoms with van der Waals surface area (Å²) in [5.41, 5.74) is 8.39. The summed E-state index contributed by atoms with van der Waals surface area (Å²) < 4.78 is 23.2. The lowest BCUT2D eigenvalue weighted by atomic mass is 9.82. The van der Waals surface area contributed by atoms with Crippen LogP contribution in [0.1, 0.15) is 55.8 Å². The zero-order valence-electron chi connectivity index (χ0n) is 24.0. The smallest absolute Gasteiger partial charge is 0.174 e. The van der Waals surface area contributed by atoms with E-state index >= 15 is 0 Å². The molecular formula is C35H34N2O4S. The van der Waals surface area contributed by atoms with Crippen LogP contribution in [0, 0.1) is 0 Å². The number of allylic oxidation sites excluding steroid dienone is 1. The van der Waals surface area contributed by atoms with Gasteiger partial charge in [-0.05, 0) is 104 Å². The maximum atomic E-state index is 5.94. The lowest BCUT2D eigenvalue weighted by Gasteiger charge is -2.40. The van der Waals surface area contributed by atoms with Gasteiger partial charge in [-0.2, -0.15) is 0 Å². The summed E-state index contributed by atoms with van der Waals surface area (Å²) in [6.45, 7) is 6.48. The molecule has 1 aliphatic carbocycles. The van der Waals surface area contributed by atoms with Gasteiger partial charge in [0.25, 0.3) is 0 Å². The number of benzene rings is 3. The highest BCUT2D eigenvalue weighted by Crippen LogP contribution is 2.51. The Kier molecular flexibility index (Phi) is 7.43. The Bertz CT molecular complexity index is 1600. The second-order valence-corrected chi connectivity index (χ2v) is 11.4. The van der Waals surface area contributed by atoms with E-state index in [1.54, 1.807) is 11.8 Å². The predicted molar refractivity (Wildman–Crippen MR) is 169 cm³/mol. The van der Waals surface area contributed by atoms with Crippen molar-refractivity contribution in [3.63, 3.8) is 0 Å². The van der Waals surface area contributed by atoms with Gasteiger partial charge in [0.05, 0.1) is 30.6 Å². The van der Waals surface area contributed by atoms with Crippen LogP contribution in [0.25, 0.3) is 11.8 Å². The Balaban J connectivity index is 1.30. The number of thioether (sulfide) groups is 1. The maximum Gasteiger partial charge on any atom is 0.174 e. The van der Waals surface area contributed by atoms with Crippen molar-refractivity contribution in [3.05, 3.63) is 106 Å². The number of fused-ring (bicyclic) bond motifs is 2. The van der Waals surface area contributed by atoms with Crippen LogP contribution >= 0.6 is 11.8 Å². The molecule has 0 saturated heterocycles. The van der Waals surface area contributed by atoms with Crippen molar-refractivity contribution >= 4 is 28.7 Å². The van der Waals surface area contributed by atoms with Gasteiger partial charge in [0.2, 0.25) is 0 Å². The van der Waals surface area contributed by atoms with Crippen molar-refractivity contribution in [1.29, 1.82) is 0 Å². The Morgan fingerprint density at radius 1 is 0.881 bits per heavy atom. The van der Waals surface area contributed by atoms with E-state index in [1.807, 2.05) is 32.0 Å². The van der Waals surface area contributed by atoms with Gasteiger partial charge >= 0.3 is 0 Å². The molecule has 3 aromatic carbocycles. The maximum absolute atomic E-state index is 5.94. The number of amidine groups is 1. The molecular weight excluding hydrogens is 544 g/mol. The zero-order valence-corrected chi connectivity index (χ0v) is 24.8. The summed E-state index contributed by atoms with van der Waals surface area (Å²) in [5, 5.41) is 3.22. The molecule has 3 heterocycles. The summed E-state index contributed by atoms with van der Waals surface area (Å²) in [6.07, 6.45) is 5.39. The summed E-state index contributed by atoms with van der Waals surface area (Å²) in [6, 6.07) is 23.2. The van der Waals surface area contributed by atoms with Crippen molar-refractivity contribution in [2.75, 3.05) is 26.4 Å². The molecule has 7 rings (SSSR count). The highest BCUT2D eigenvalue weighted by molar-refractivity contribution is 8.16. The molecule has 0 fully saturated rings. The Labute approximate surface area is 251 Å². The standard InChI is InChI=1S/C35H34N2O4S/c1-3-38-27-13-8-23(9-14-27)20-26-6-5-7-29-33(26)36-35-37(34(29)24-10-15-28(16-11-24)39-4-2)30(22-42-35)25-12-17-31-32(21-25)41-19-18-40-31/h8-17,20-22,34H,3-7,18-19H2,1-2H3/b26-20+/t34-/m0/s1. The fourth-order valence-corrected chi connectivity index (χ4v) is 7.00. The second kappa shape index (κ2) is 11.6. The number of hydrogen-bond acceptors (Lipinski definition) is 7. The van der Waals surface area contributed by atoms with E-state index in [4.69, 9.17) is 23.9 Å². The minimum absolute atomic E-state index is 0.0293. The topological polar surface area (TPSA) is 52.5 Å².